The number of aromatic hydroxyl groups is 1. The number of rotatable bonds is 5. The average Bonchev–Trinajstić information content (AvgIpc) is 2.54. The summed E-state index contributed by atoms with van der Waals surface area (Å²) in [5.41, 5.74) is 6.03. The largest absolute Gasteiger partial charge is 0.506 e. The van der Waals surface area contributed by atoms with E-state index in [1.165, 1.54) is 12.3 Å². The molecule has 126 valence electrons. The molecule has 0 aromatic carbocycles. The summed E-state index contributed by atoms with van der Waals surface area (Å²) in [6.07, 6.45) is 3.52. The predicted octanol–water partition coefficient (Wildman–Crippen LogP) is 1.58. The zero-order valence-corrected chi connectivity index (χ0v) is 13.7. The van der Waals surface area contributed by atoms with Gasteiger partial charge in [-0.15, -0.1) is 0 Å². The van der Waals surface area contributed by atoms with Gasteiger partial charge in [0.2, 0.25) is 5.91 Å². The van der Waals surface area contributed by atoms with Crippen LogP contribution in [0.25, 0.3) is 0 Å². The molecule has 2 atom stereocenters. The maximum absolute atomic E-state index is 12.2. The third-order valence-electron chi connectivity index (χ3n) is 4.59. The van der Waals surface area contributed by atoms with Gasteiger partial charge in [-0.25, -0.2) is 4.98 Å². The van der Waals surface area contributed by atoms with E-state index in [1.807, 2.05) is 4.90 Å². The lowest BCUT2D eigenvalue weighted by molar-refractivity contribution is -0.133. The number of Topliss-reactive ketones (excluding diaryl/α,β-unsaturated/α-hetero) is 1. The normalized spacial score (nSPS) is 18.5. The lowest BCUT2D eigenvalue weighted by Crippen LogP contribution is -2.46. The third-order valence-corrected chi connectivity index (χ3v) is 4.59. The molecule has 6 heteroatoms. The lowest BCUT2D eigenvalue weighted by atomic mass is 9.82. The zero-order valence-electron chi connectivity index (χ0n) is 13.7. The Morgan fingerprint density at radius 3 is 2.52 bits per heavy atom. The van der Waals surface area contributed by atoms with Gasteiger partial charge in [-0.2, -0.15) is 0 Å². The SMILES string of the molecule is CC(CC(=O)c1ccc(O)cn1)C1CCN(C(=O)[C@H](C)N)CC1. The maximum Gasteiger partial charge on any atom is 0.239 e. The van der Waals surface area contributed by atoms with Crippen LogP contribution < -0.4 is 5.73 Å². The second-order valence-corrected chi connectivity index (χ2v) is 6.46. The van der Waals surface area contributed by atoms with Crippen molar-refractivity contribution < 1.29 is 14.7 Å². The van der Waals surface area contributed by atoms with Gasteiger partial charge in [-0.1, -0.05) is 6.92 Å². The molecule has 1 aromatic heterocycles. The minimum Gasteiger partial charge on any atom is -0.506 e. The van der Waals surface area contributed by atoms with Crippen LogP contribution >= 0.6 is 0 Å². The van der Waals surface area contributed by atoms with Crippen LogP contribution in [-0.4, -0.2) is 45.8 Å². The van der Waals surface area contributed by atoms with E-state index >= 15 is 0 Å². The first-order valence-corrected chi connectivity index (χ1v) is 8.11. The Morgan fingerprint density at radius 2 is 2.00 bits per heavy atom. The van der Waals surface area contributed by atoms with Gasteiger partial charge in [0, 0.05) is 19.5 Å². The summed E-state index contributed by atoms with van der Waals surface area (Å²) < 4.78 is 0. The van der Waals surface area contributed by atoms with Gasteiger partial charge in [0.15, 0.2) is 5.78 Å². The summed E-state index contributed by atoms with van der Waals surface area (Å²) in [5.74, 6) is 0.715. The van der Waals surface area contributed by atoms with Crippen LogP contribution in [0.2, 0.25) is 0 Å². The fraction of sp³-hybridized carbons (Fsp3) is 0.588. The molecular formula is C17H25N3O3. The highest BCUT2D eigenvalue weighted by Crippen LogP contribution is 2.28. The van der Waals surface area contributed by atoms with Gasteiger partial charge in [-0.3, -0.25) is 9.59 Å². The van der Waals surface area contributed by atoms with E-state index in [-0.39, 0.29) is 23.4 Å². The van der Waals surface area contributed by atoms with E-state index in [0.29, 0.717) is 31.1 Å². The molecule has 1 aliphatic heterocycles. The number of piperidine rings is 1. The highest BCUT2D eigenvalue weighted by Gasteiger charge is 2.28. The quantitative estimate of drug-likeness (QED) is 0.803. The van der Waals surface area contributed by atoms with E-state index in [0.717, 1.165) is 12.8 Å². The summed E-state index contributed by atoms with van der Waals surface area (Å²) in [6, 6.07) is 2.57. The standard InChI is InChI=1S/C17H25N3O3/c1-11(9-16(22)15-4-3-14(21)10-19-15)13-5-7-20(8-6-13)17(23)12(2)18/h3-4,10-13,21H,5-9,18H2,1-2H3/t11?,12-/m0/s1. The monoisotopic (exact) mass is 319 g/mol. The molecule has 1 amide bonds. The molecule has 0 spiro atoms. The topological polar surface area (TPSA) is 96.5 Å². The summed E-state index contributed by atoms with van der Waals surface area (Å²) in [5, 5.41) is 9.22. The van der Waals surface area contributed by atoms with Crippen molar-refractivity contribution in [3.05, 3.63) is 24.0 Å². The van der Waals surface area contributed by atoms with Crippen LogP contribution in [-0.2, 0) is 4.79 Å². The Labute approximate surface area is 136 Å². The molecule has 1 aromatic rings. The number of nitrogens with two attached hydrogens (primary N) is 1. The molecule has 23 heavy (non-hydrogen) atoms. The summed E-state index contributed by atoms with van der Waals surface area (Å²) in [6.45, 7) is 5.20. The number of carbonyl (C=O) groups excluding carboxylic acids is 2. The fourth-order valence-corrected chi connectivity index (χ4v) is 3.09. The van der Waals surface area contributed by atoms with E-state index in [2.05, 4.69) is 11.9 Å². The molecule has 6 nitrogen and oxygen atoms in total. The molecule has 0 bridgehead atoms. The molecule has 1 unspecified atom stereocenters. The number of likely N-dealkylation sites (tertiary alicyclic amines) is 1. The van der Waals surface area contributed by atoms with Gasteiger partial charge in [0.25, 0.3) is 0 Å². The van der Waals surface area contributed by atoms with E-state index < -0.39 is 6.04 Å². The second-order valence-electron chi connectivity index (χ2n) is 6.46. The number of ketones is 1. The first kappa shape index (κ1) is 17.4. The van der Waals surface area contributed by atoms with E-state index in [4.69, 9.17) is 5.73 Å². The second kappa shape index (κ2) is 7.55. The number of nitrogens with zero attached hydrogens (tertiary/aromatic N) is 2. The van der Waals surface area contributed by atoms with Crippen LogP contribution in [0.1, 0.15) is 43.6 Å². The van der Waals surface area contributed by atoms with E-state index in [1.54, 1.807) is 13.0 Å². The smallest absolute Gasteiger partial charge is 0.239 e. The first-order chi connectivity index (χ1) is 10.9. The Morgan fingerprint density at radius 1 is 1.35 bits per heavy atom. The van der Waals surface area contributed by atoms with Crippen LogP contribution in [0.3, 0.4) is 0 Å². The van der Waals surface area contributed by atoms with Gasteiger partial charge in [0.1, 0.15) is 11.4 Å². The number of carbonyl (C=O) groups is 2. The van der Waals surface area contributed by atoms with Crippen molar-refractivity contribution in [3.8, 4) is 5.75 Å². The van der Waals surface area contributed by atoms with Crippen molar-refractivity contribution in [2.75, 3.05) is 13.1 Å². The number of aromatic nitrogens is 1. The highest BCUT2D eigenvalue weighted by atomic mass is 16.3. The number of hydrogen-bond donors (Lipinski definition) is 2. The van der Waals surface area contributed by atoms with Gasteiger partial charge < -0.3 is 15.7 Å². The molecular weight excluding hydrogens is 294 g/mol. The molecule has 0 saturated carbocycles. The molecule has 3 N–H and O–H groups in total. The van der Waals surface area contributed by atoms with Crippen LogP contribution in [0.4, 0.5) is 0 Å². The maximum atomic E-state index is 12.2. The van der Waals surface area contributed by atoms with Gasteiger partial charge in [0.05, 0.1) is 12.2 Å². The van der Waals surface area contributed by atoms with Crippen molar-refractivity contribution in [1.29, 1.82) is 0 Å². The molecule has 2 heterocycles. The Kier molecular flexibility index (Phi) is 5.71. The van der Waals surface area contributed by atoms with Crippen molar-refractivity contribution >= 4 is 11.7 Å². The van der Waals surface area contributed by atoms with Crippen molar-refractivity contribution in [2.45, 2.75) is 39.2 Å². The predicted molar refractivity (Wildman–Crippen MR) is 87.0 cm³/mol. The molecule has 1 saturated heterocycles. The van der Waals surface area contributed by atoms with Crippen molar-refractivity contribution in [3.63, 3.8) is 0 Å². The summed E-state index contributed by atoms with van der Waals surface area (Å²) in [7, 11) is 0. The molecule has 0 radical (unpaired) electrons. The van der Waals surface area contributed by atoms with Gasteiger partial charge in [-0.05, 0) is 43.7 Å². The summed E-state index contributed by atoms with van der Waals surface area (Å²) >= 11 is 0. The molecule has 0 aliphatic carbocycles. The minimum atomic E-state index is -0.453. The number of pyridine rings is 1. The van der Waals surface area contributed by atoms with Crippen molar-refractivity contribution in [2.24, 2.45) is 17.6 Å². The van der Waals surface area contributed by atoms with Gasteiger partial charge >= 0.3 is 0 Å². The Hall–Kier alpha value is -1.95. The number of hydrogen-bond acceptors (Lipinski definition) is 5. The average molecular weight is 319 g/mol. The summed E-state index contributed by atoms with van der Waals surface area (Å²) in [4.78, 5) is 29.9. The number of amides is 1. The minimum absolute atomic E-state index is 0.000438. The Bertz CT molecular complexity index is 549. The van der Waals surface area contributed by atoms with Crippen molar-refractivity contribution in [1.82, 2.24) is 9.88 Å². The van der Waals surface area contributed by atoms with Crippen LogP contribution in [0.15, 0.2) is 18.3 Å². The Balaban J connectivity index is 1.85. The molecule has 1 fully saturated rings. The molecule has 1 aliphatic rings. The third kappa shape index (κ3) is 4.51. The highest BCUT2D eigenvalue weighted by molar-refractivity contribution is 5.94. The van der Waals surface area contributed by atoms with Crippen LogP contribution in [0.5, 0.6) is 5.75 Å². The van der Waals surface area contributed by atoms with Crippen LogP contribution in [0, 0.1) is 11.8 Å². The fourth-order valence-electron chi connectivity index (χ4n) is 3.09. The first-order valence-electron chi connectivity index (χ1n) is 8.11. The lowest BCUT2D eigenvalue weighted by Gasteiger charge is -2.35. The van der Waals surface area contributed by atoms with E-state index in [9.17, 15) is 14.7 Å². The molecule has 2 rings (SSSR count). The zero-order chi connectivity index (χ0) is 17.0.